The van der Waals surface area contributed by atoms with Crippen LogP contribution >= 0.6 is 15.9 Å². The second-order valence-corrected chi connectivity index (χ2v) is 8.22. The molecule has 1 amide bonds. The first-order valence-corrected chi connectivity index (χ1v) is 10.3. The molecule has 2 aromatic carbocycles. The molecule has 3 aromatic rings. The molecule has 0 bridgehead atoms. The van der Waals surface area contributed by atoms with Gasteiger partial charge in [0.05, 0.1) is 5.69 Å². The van der Waals surface area contributed by atoms with Crippen molar-refractivity contribution in [1.82, 2.24) is 14.3 Å². The molecule has 2 N–H and O–H groups in total. The molecule has 0 saturated carbocycles. The Balaban J connectivity index is 1.95. The van der Waals surface area contributed by atoms with Crippen LogP contribution in [0.15, 0.2) is 45.7 Å². The van der Waals surface area contributed by atoms with Gasteiger partial charge in [-0.15, -0.1) is 5.10 Å². The van der Waals surface area contributed by atoms with E-state index in [0.29, 0.717) is 18.2 Å². The van der Waals surface area contributed by atoms with Crippen molar-refractivity contribution in [3.05, 3.63) is 74.4 Å². The van der Waals surface area contributed by atoms with Crippen molar-refractivity contribution in [2.45, 2.75) is 33.4 Å². The maximum absolute atomic E-state index is 14.5. The standard InChI is InChI=1S/C21H21BrF2N4O3/c1-12(2)9-10-27-17(26-28(21(27)30)14-5-3-13(22)4-6-14)11-31-16-8-7-15(23)18(19(16)24)20(25)29/h3-8,12H,9-11H2,1-2H3,(H2,25,29). The van der Waals surface area contributed by atoms with Gasteiger partial charge in [-0.3, -0.25) is 9.36 Å². The third-order valence-corrected chi connectivity index (χ3v) is 5.13. The van der Waals surface area contributed by atoms with Crippen LogP contribution in [0.5, 0.6) is 5.75 Å². The highest BCUT2D eigenvalue weighted by Crippen LogP contribution is 2.24. The van der Waals surface area contributed by atoms with Crippen LogP contribution in [0.2, 0.25) is 0 Å². The summed E-state index contributed by atoms with van der Waals surface area (Å²) in [7, 11) is 0. The Morgan fingerprint density at radius 1 is 1.19 bits per heavy atom. The Hall–Kier alpha value is -3.01. The zero-order valence-electron chi connectivity index (χ0n) is 16.9. The van der Waals surface area contributed by atoms with Gasteiger partial charge in [0.1, 0.15) is 18.0 Å². The molecule has 0 aliphatic carbocycles. The summed E-state index contributed by atoms with van der Waals surface area (Å²) in [5.74, 6) is -3.28. The van der Waals surface area contributed by atoms with E-state index in [4.69, 9.17) is 10.5 Å². The molecule has 164 valence electrons. The molecule has 3 rings (SSSR count). The molecule has 0 fully saturated rings. The highest BCUT2D eigenvalue weighted by Gasteiger charge is 2.21. The fraction of sp³-hybridized carbons (Fsp3) is 0.286. The maximum Gasteiger partial charge on any atom is 0.350 e. The second-order valence-electron chi connectivity index (χ2n) is 7.31. The van der Waals surface area contributed by atoms with Crippen LogP contribution in [-0.2, 0) is 13.2 Å². The van der Waals surface area contributed by atoms with Gasteiger partial charge in [-0.05, 0) is 48.7 Å². The van der Waals surface area contributed by atoms with E-state index in [-0.39, 0.29) is 23.9 Å². The van der Waals surface area contributed by atoms with Crippen molar-refractivity contribution < 1.29 is 18.3 Å². The first-order chi connectivity index (χ1) is 14.7. The number of aromatic nitrogens is 3. The number of nitrogens with two attached hydrogens (primary N) is 1. The number of hydrogen-bond acceptors (Lipinski definition) is 4. The minimum atomic E-state index is -1.24. The van der Waals surface area contributed by atoms with Crippen LogP contribution in [-0.4, -0.2) is 20.3 Å². The fourth-order valence-corrected chi connectivity index (χ4v) is 3.18. The molecule has 10 heteroatoms. The number of nitrogens with zero attached hydrogens (tertiary/aromatic N) is 3. The predicted molar refractivity (Wildman–Crippen MR) is 114 cm³/mol. The van der Waals surface area contributed by atoms with Crippen LogP contribution in [0, 0.1) is 17.6 Å². The Morgan fingerprint density at radius 3 is 2.48 bits per heavy atom. The first-order valence-electron chi connectivity index (χ1n) is 9.54. The van der Waals surface area contributed by atoms with Crippen LogP contribution in [0.4, 0.5) is 8.78 Å². The van der Waals surface area contributed by atoms with Crippen molar-refractivity contribution in [3.63, 3.8) is 0 Å². The molecule has 0 spiro atoms. The highest BCUT2D eigenvalue weighted by molar-refractivity contribution is 9.10. The SMILES string of the molecule is CC(C)CCn1c(COc2ccc(F)c(C(N)=O)c2F)nn(-c2ccc(Br)cc2)c1=O. The van der Waals surface area contributed by atoms with E-state index in [2.05, 4.69) is 21.0 Å². The van der Waals surface area contributed by atoms with E-state index in [1.165, 1.54) is 9.25 Å². The molecule has 0 aliphatic rings. The van der Waals surface area contributed by atoms with Crippen molar-refractivity contribution in [2.75, 3.05) is 0 Å². The number of primary amides is 1. The summed E-state index contributed by atoms with van der Waals surface area (Å²) in [6.45, 7) is 4.18. The van der Waals surface area contributed by atoms with Crippen molar-refractivity contribution in [3.8, 4) is 11.4 Å². The van der Waals surface area contributed by atoms with Crippen molar-refractivity contribution in [1.29, 1.82) is 0 Å². The number of carbonyl (C=O) groups excluding carboxylic acids is 1. The number of amides is 1. The van der Waals surface area contributed by atoms with Crippen molar-refractivity contribution in [2.24, 2.45) is 11.7 Å². The van der Waals surface area contributed by atoms with Gasteiger partial charge in [0.25, 0.3) is 5.91 Å². The summed E-state index contributed by atoms with van der Waals surface area (Å²) in [5.41, 5.74) is 4.36. The van der Waals surface area contributed by atoms with Gasteiger partial charge in [0, 0.05) is 11.0 Å². The Labute approximate surface area is 185 Å². The Kier molecular flexibility index (Phi) is 6.89. The van der Waals surface area contributed by atoms with E-state index < -0.39 is 23.1 Å². The summed E-state index contributed by atoms with van der Waals surface area (Å²) in [4.78, 5) is 24.3. The maximum atomic E-state index is 14.5. The normalized spacial score (nSPS) is 11.2. The quantitative estimate of drug-likeness (QED) is 0.515. The zero-order chi connectivity index (χ0) is 22.7. The molecular weight excluding hydrogens is 474 g/mol. The van der Waals surface area contributed by atoms with E-state index in [1.54, 1.807) is 24.3 Å². The minimum absolute atomic E-state index is 0.262. The summed E-state index contributed by atoms with van der Waals surface area (Å²) < 4.78 is 37.2. The lowest BCUT2D eigenvalue weighted by atomic mass is 10.1. The number of benzene rings is 2. The molecule has 0 radical (unpaired) electrons. The second kappa shape index (κ2) is 9.42. The minimum Gasteiger partial charge on any atom is -0.482 e. The molecule has 31 heavy (non-hydrogen) atoms. The number of rotatable bonds is 8. The summed E-state index contributed by atoms with van der Waals surface area (Å²) in [5, 5.41) is 4.35. The van der Waals surface area contributed by atoms with Gasteiger partial charge in [0.2, 0.25) is 0 Å². The number of halogens is 3. The van der Waals surface area contributed by atoms with Crippen LogP contribution in [0.3, 0.4) is 0 Å². The number of ether oxygens (including phenoxy) is 1. The largest absolute Gasteiger partial charge is 0.482 e. The van der Waals surface area contributed by atoms with Gasteiger partial charge in [-0.2, -0.15) is 4.68 Å². The zero-order valence-corrected chi connectivity index (χ0v) is 18.5. The third-order valence-electron chi connectivity index (χ3n) is 4.60. The van der Waals surface area contributed by atoms with E-state index in [0.717, 1.165) is 23.0 Å². The fourth-order valence-electron chi connectivity index (χ4n) is 2.92. The molecular formula is C21H21BrF2N4O3. The van der Waals surface area contributed by atoms with Gasteiger partial charge in [-0.25, -0.2) is 13.6 Å². The Bertz CT molecular complexity index is 1160. The van der Waals surface area contributed by atoms with Gasteiger partial charge < -0.3 is 10.5 Å². The molecule has 0 atom stereocenters. The number of carbonyl (C=O) groups is 1. The lowest BCUT2D eigenvalue weighted by molar-refractivity contribution is 0.0991. The smallest absolute Gasteiger partial charge is 0.350 e. The third kappa shape index (κ3) is 5.01. The average molecular weight is 495 g/mol. The molecule has 1 aromatic heterocycles. The first kappa shape index (κ1) is 22.7. The molecule has 0 aliphatic heterocycles. The van der Waals surface area contributed by atoms with Crippen LogP contribution in [0.25, 0.3) is 5.69 Å². The van der Waals surface area contributed by atoms with Crippen LogP contribution < -0.4 is 16.2 Å². The van der Waals surface area contributed by atoms with Gasteiger partial charge in [-0.1, -0.05) is 29.8 Å². The average Bonchev–Trinajstić information content (AvgIpc) is 3.01. The van der Waals surface area contributed by atoms with Crippen LogP contribution in [0.1, 0.15) is 36.5 Å². The van der Waals surface area contributed by atoms with Gasteiger partial charge in [0.15, 0.2) is 17.4 Å². The lowest BCUT2D eigenvalue weighted by Gasteiger charge is -2.11. The lowest BCUT2D eigenvalue weighted by Crippen LogP contribution is -2.25. The molecule has 1 heterocycles. The van der Waals surface area contributed by atoms with Crippen molar-refractivity contribution >= 4 is 21.8 Å². The number of hydrogen-bond donors (Lipinski definition) is 1. The topological polar surface area (TPSA) is 92.1 Å². The predicted octanol–water partition coefficient (Wildman–Crippen LogP) is 3.80. The molecule has 0 unspecified atom stereocenters. The van der Waals surface area contributed by atoms with E-state index in [9.17, 15) is 18.4 Å². The van der Waals surface area contributed by atoms with E-state index in [1.807, 2.05) is 13.8 Å². The van der Waals surface area contributed by atoms with E-state index >= 15 is 0 Å². The summed E-state index contributed by atoms with van der Waals surface area (Å²) in [6, 6.07) is 8.97. The monoisotopic (exact) mass is 494 g/mol. The Morgan fingerprint density at radius 2 is 1.87 bits per heavy atom. The summed E-state index contributed by atoms with van der Waals surface area (Å²) in [6.07, 6.45) is 0.718. The highest BCUT2D eigenvalue weighted by atomic mass is 79.9. The van der Waals surface area contributed by atoms with Gasteiger partial charge >= 0.3 is 5.69 Å². The molecule has 0 saturated heterocycles. The summed E-state index contributed by atoms with van der Waals surface area (Å²) >= 11 is 3.35. The molecule has 7 nitrogen and oxygen atoms in total.